The van der Waals surface area contributed by atoms with Gasteiger partial charge in [-0.3, -0.25) is 0 Å². The van der Waals surface area contributed by atoms with Crippen molar-refractivity contribution in [3.63, 3.8) is 0 Å². The van der Waals surface area contributed by atoms with Crippen LogP contribution in [0.25, 0.3) is 0 Å². The second kappa shape index (κ2) is 6.08. The van der Waals surface area contributed by atoms with Crippen molar-refractivity contribution in [1.29, 1.82) is 0 Å². The molecule has 3 heteroatoms. The van der Waals surface area contributed by atoms with Gasteiger partial charge in [0.05, 0.1) is 0 Å². The summed E-state index contributed by atoms with van der Waals surface area (Å²) in [4.78, 5) is 0. The highest BCUT2D eigenvalue weighted by molar-refractivity contribution is 6.30. The van der Waals surface area contributed by atoms with Crippen LogP contribution in [-0.4, -0.2) is 6.04 Å². The zero-order valence-electron chi connectivity index (χ0n) is 12.2. The van der Waals surface area contributed by atoms with E-state index >= 15 is 0 Å². The molecule has 1 aliphatic rings. The lowest BCUT2D eigenvalue weighted by atomic mass is 10.0. The molecule has 21 heavy (non-hydrogen) atoms. The van der Waals surface area contributed by atoms with Gasteiger partial charge in [-0.1, -0.05) is 29.8 Å². The molecule has 0 radical (unpaired) electrons. The first-order valence-corrected chi connectivity index (χ1v) is 7.81. The fourth-order valence-electron chi connectivity index (χ4n) is 2.93. The first-order chi connectivity index (χ1) is 10.1. The van der Waals surface area contributed by atoms with E-state index in [1.54, 1.807) is 0 Å². The molecule has 110 valence electrons. The van der Waals surface area contributed by atoms with Gasteiger partial charge >= 0.3 is 0 Å². The van der Waals surface area contributed by atoms with Gasteiger partial charge in [0.25, 0.3) is 0 Å². The van der Waals surface area contributed by atoms with Crippen LogP contribution in [0.2, 0.25) is 5.02 Å². The molecule has 0 saturated carbocycles. The zero-order chi connectivity index (χ0) is 14.8. The van der Waals surface area contributed by atoms with Gasteiger partial charge in [-0.2, -0.15) is 0 Å². The minimum atomic E-state index is -0.192. The van der Waals surface area contributed by atoms with E-state index in [0.717, 1.165) is 17.7 Å². The molecule has 0 aliphatic heterocycles. The summed E-state index contributed by atoms with van der Waals surface area (Å²) in [6, 6.07) is 14.0. The molecule has 2 unspecified atom stereocenters. The molecule has 2 atom stereocenters. The maximum atomic E-state index is 6.16. The van der Waals surface area contributed by atoms with E-state index in [0.29, 0.717) is 5.02 Å². The van der Waals surface area contributed by atoms with Crippen LogP contribution in [0, 0.1) is 0 Å². The summed E-state index contributed by atoms with van der Waals surface area (Å²) in [6.45, 7) is 1.96. The maximum Gasteiger partial charge on any atom is 0.138 e. The van der Waals surface area contributed by atoms with Gasteiger partial charge in [-0.15, -0.1) is 0 Å². The van der Waals surface area contributed by atoms with Gasteiger partial charge < -0.3 is 10.5 Å². The molecule has 2 aromatic carbocycles. The number of rotatable bonds is 4. The van der Waals surface area contributed by atoms with E-state index in [1.165, 1.54) is 24.0 Å². The van der Waals surface area contributed by atoms with Gasteiger partial charge in [-0.25, -0.2) is 0 Å². The van der Waals surface area contributed by atoms with Crippen molar-refractivity contribution in [2.24, 2.45) is 5.73 Å². The molecule has 0 amide bonds. The highest BCUT2D eigenvalue weighted by Crippen LogP contribution is 2.30. The Bertz CT molecular complexity index is 639. The van der Waals surface area contributed by atoms with E-state index in [9.17, 15) is 0 Å². The van der Waals surface area contributed by atoms with Gasteiger partial charge in [0.15, 0.2) is 0 Å². The zero-order valence-corrected chi connectivity index (χ0v) is 12.9. The molecular weight excluding hydrogens is 282 g/mol. The van der Waals surface area contributed by atoms with E-state index in [1.807, 2.05) is 37.3 Å². The minimum Gasteiger partial charge on any atom is -0.484 e. The second-order valence-electron chi connectivity index (χ2n) is 5.74. The first-order valence-electron chi connectivity index (χ1n) is 7.43. The molecular formula is C18H20ClNO. The topological polar surface area (TPSA) is 35.2 Å². The molecule has 0 saturated heterocycles. The van der Waals surface area contributed by atoms with E-state index < -0.39 is 0 Å². The van der Waals surface area contributed by atoms with Crippen LogP contribution in [0.15, 0.2) is 42.5 Å². The van der Waals surface area contributed by atoms with Crippen molar-refractivity contribution in [1.82, 2.24) is 0 Å². The Morgan fingerprint density at radius 3 is 2.67 bits per heavy atom. The molecule has 1 aliphatic carbocycles. The van der Waals surface area contributed by atoms with Gasteiger partial charge in [-0.05, 0) is 67.1 Å². The predicted molar refractivity (Wildman–Crippen MR) is 86.9 cm³/mol. The van der Waals surface area contributed by atoms with Crippen LogP contribution < -0.4 is 10.5 Å². The van der Waals surface area contributed by atoms with Crippen LogP contribution in [0.4, 0.5) is 0 Å². The van der Waals surface area contributed by atoms with Crippen LogP contribution in [0.1, 0.15) is 36.1 Å². The summed E-state index contributed by atoms with van der Waals surface area (Å²) >= 11 is 6.08. The van der Waals surface area contributed by atoms with Crippen LogP contribution in [0.3, 0.4) is 0 Å². The summed E-state index contributed by atoms with van der Waals surface area (Å²) in [5.74, 6) is 0.887. The van der Waals surface area contributed by atoms with Crippen molar-refractivity contribution in [3.05, 3.63) is 64.2 Å². The summed E-state index contributed by atoms with van der Waals surface area (Å²) < 4.78 is 6.16. The molecule has 3 rings (SSSR count). The average Bonchev–Trinajstić information content (AvgIpc) is 2.92. The highest BCUT2D eigenvalue weighted by Gasteiger charge is 2.20. The second-order valence-corrected chi connectivity index (χ2v) is 6.17. The Kier molecular flexibility index (Phi) is 4.18. The number of hydrogen-bond acceptors (Lipinski definition) is 2. The summed E-state index contributed by atoms with van der Waals surface area (Å²) in [6.07, 6.45) is 3.37. The lowest BCUT2D eigenvalue weighted by Crippen LogP contribution is -2.29. The molecule has 2 aromatic rings. The smallest absolute Gasteiger partial charge is 0.138 e. The Morgan fingerprint density at radius 1 is 1.10 bits per heavy atom. The summed E-state index contributed by atoms with van der Waals surface area (Å²) in [5, 5.41) is 0.704. The normalized spacial score (nSPS) is 16.3. The molecule has 0 heterocycles. The SMILES string of the molecule is CC(N)C(Oc1ccc2c(c1)CCC2)c1cccc(Cl)c1. The largest absolute Gasteiger partial charge is 0.484 e. The third-order valence-corrected chi connectivity index (χ3v) is 4.22. The molecule has 0 fully saturated rings. The Balaban J connectivity index is 1.86. The quantitative estimate of drug-likeness (QED) is 0.914. The Hall–Kier alpha value is -1.51. The van der Waals surface area contributed by atoms with E-state index in [2.05, 4.69) is 12.1 Å². The number of nitrogens with two attached hydrogens (primary N) is 1. The van der Waals surface area contributed by atoms with Crippen LogP contribution in [-0.2, 0) is 12.8 Å². The van der Waals surface area contributed by atoms with Gasteiger partial charge in [0.1, 0.15) is 11.9 Å². The predicted octanol–water partition coefficient (Wildman–Crippen LogP) is 4.30. The van der Waals surface area contributed by atoms with Crippen molar-refractivity contribution in [3.8, 4) is 5.75 Å². The highest BCUT2D eigenvalue weighted by atomic mass is 35.5. The third-order valence-electron chi connectivity index (χ3n) is 3.99. The summed E-state index contributed by atoms with van der Waals surface area (Å²) in [5.41, 5.74) is 9.97. The molecule has 0 bridgehead atoms. The monoisotopic (exact) mass is 301 g/mol. The fraction of sp³-hybridized carbons (Fsp3) is 0.333. The van der Waals surface area contributed by atoms with Gasteiger partial charge in [0, 0.05) is 11.1 Å². The number of hydrogen-bond donors (Lipinski definition) is 1. The molecule has 2 nitrogen and oxygen atoms in total. The first kappa shape index (κ1) is 14.4. The van der Waals surface area contributed by atoms with E-state index in [-0.39, 0.29) is 12.1 Å². The standard InChI is InChI=1S/C18H20ClNO/c1-12(20)18(15-6-3-7-16(19)10-15)21-17-9-8-13-4-2-5-14(13)11-17/h3,6-12,18H,2,4-5,20H2,1H3. The Labute approximate surface area is 130 Å². The number of aryl methyl sites for hydroxylation is 2. The van der Waals surface area contributed by atoms with Crippen molar-refractivity contribution in [2.45, 2.75) is 38.3 Å². The number of benzene rings is 2. The Morgan fingerprint density at radius 2 is 1.90 bits per heavy atom. The van der Waals surface area contributed by atoms with Crippen LogP contribution in [0.5, 0.6) is 5.75 Å². The van der Waals surface area contributed by atoms with Gasteiger partial charge in [0.2, 0.25) is 0 Å². The number of ether oxygens (including phenoxy) is 1. The van der Waals surface area contributed by atoms with Crippen molar-refractivity contribution in [2.75, 3.05) is 0 Å². The van der Waals surface area contributed by atoms with E-state index in [4.69, 9.17) is 22.1 Å². The minimum absolute atomic E-state index is 0.114. The average molecular weight is 302 g/mol. The lowest BCUT2D eigenvalue weighted by molar-refractivity contribution is 0.180. The molecule has 0 aromatic heterocycles. The summed E-state index contributed by atoms with van der Waals surface area (Å²) in [7, 11) is 0. The number of halogens is 1. The lowest BCUT2D eigenvalue weighted by Gasteiger charge is -2.23. The number of fused-ring (bicyclic) bond motifs is 1. The maximum absolute atomic E-state index is 6.16. The fourth-order valence-corrected chi connectivity index (χ4v) is 3.13. The van der Waals surface area contributed by atoms with Crippen molar-refractivity contribution < 1.29 is 4.74 Å². The van der Waals surface area contributed by atoms with Crippen molar-refractivity contribution >= 4 is 11.6 Å². The molecule has 2 N–H and O–H groups in total. The van der Waals surface area contributed by atoms with Crippen LogP contribution >= 0.6 is 11.6 Å². The third kappa shape index (κ3) is 3.22. The molecule has 0 spiro atoms.